The molecule has 3 unspecified atom stereocenters. The van der Waals surface area contributed by atoms with Crippen LogP contribution in [-0.2, 0) is 0 Å². The summed E-state index contributed by atoms with van der Waals surface area (Å²) in [4.78, 5) is 0. The maximum atomic E-state index is 9.66. The molecule has 82 valence electrons. The van der Waals surface area contributed by atoms with Crippen LogP contribution in [0.4, 0.5) is 0 Å². The number of hydrogen-bond donors (Lipinski definition) is 1. The standard InChI is InChI=1S/C15H16O/c1-15-9-5-4-8-13(15)11-6-2-3-7-12(11)14(15)10-16/h2-9,13-14,16H,10H2,1H3. The summed E-state index contributed by atoms with van der Waals surface area (Å²) >= 11 is 0. The molecule has 0 fully saturated rings. The van der Waals surface area contributed by atoms with Crippen LogP contribution in [0.5, 0.6) is 0 Å². The van der Waals surface area contributed by atoms with E-state index in [1.807, 2.05) is 0 Å². The molecule has 0 heterocycles. The highest BCUT2D eigenvalue weighted by Crippen LogP contribution is 2.57. The molecule has 3 atom stereocenters. The number of benzene rings is 1. The fraction of sp³-hybridized carbons (Fsp3) is 0.333. The Morgan fingerprint density at radius 2 is 1.94 bits per heavy atom. The van der Waals surface area contributed by atoms with Gasteiger partial charge in [-0.25, -0.2) is 0 Å². The van der Waals surface area contributed by atoms with Gasteiger partial charge in [0, 0.05) is 17.3 Å². The maximum absolute atomic E-state index is 9.66. The molecule has 0 aliphatic heterocycles. The molecule has 1 nitrogen and oxygen atoms in total. The first-order valence-corrected chi connectivity index (χ1v) is 5.83. The summed E-state index contributed by atoms with van der Waals surface area (Å²) in [7, 11) is 0. The van der Waals surface area contributed by atoms with E-state index in [-0.39, 0.29) is 17.9 Å². The Bertz CT molecular complexity index is 472. The lowest BCUT2D eigenvalue weighted by atomic mass is 9.70. The van der Waals surface area contributed by atoms with Crippen molar-refractivity contribution in [2.45, 2.75) is 18.8 Å². The molecule has 1 aromatic carbocycles. The normalized spacial score (nSPS) is 34.9. The second-order valence-electron chi connectivity index (χ2n) is 4.95. The van der Waals surface area contributed by atoms with Gasteiger partial charge in [-0.2, -0.15) is 0 Å². The molecule has 0 bridgehead atoms. The van der Waals surface area contributed by atoms with Crippen LogP contribution in [0.1, 0.15) is 29.9 Å². The van der Waals surface area contributed by atoms with E-state index in [0.717, 1.165) is 0 Å². The molecule has 0 spiro atoms. The Labute approximate surface area is 96.1 Å². The minimum atomic E-state index is 0.0488. The lowest BCUT2D eigenvalue weighted by Gasteiger charge is -2.34. The number of hydrogen-bond acceptors (Lipinski definition) is 1. The fourth-order valence-electron chi connectivity index (χ4n) is 3.26. The van der Waals surface area contributed by atoms with E-state index >= 15 is 0 Å². The number of allylic oxidation sites excluding steroid dienone is 4. The van der Waals surface area contributed by atoms with Gasteiger partial charge in [0.2, 0.25) is 0 Å². The summed E-state index contributed by atoms with van der Waals surface area (Å²) in [6.07, 6.45) is 8.72. The van der Waals surface area contributed by atoms with Crippen LogP contribution in [0, 0.1) is 5.41 Å². The molecule has 0 saturated carbocycles. The Morgan fingerprint density at radius 1 is 1.19 bits per heavy atom. The third-order valence-corrected chi connectivity index (χ3v) is 4.18. The summed E-state index contributed by atoms with van der Waals surface area (Å²) in [5.41, 5.74) is 2.74. The third-order valence-electron chi connectivity index (χ3n) is 4.18. The average Bonchev–Trinajstić information content (AvgIpc) is 2.57. The van der Waals surface area contributed by atoms with Gasteiger partial charge in [0.1, 0.15) is 0 Å². The average molecular weight is 212 g/mol. The molecule has 0 radical (unpaired) electrons. The fourth-order valence-corrected chi connectivity index (χ4v) is 3.26. The van der Waals surface area contributed by atoms with Gasteiger partial charge in [-0.1, -0.05) is 55.5 Å². The molecule has 0 aromatic heterocycles. The van der Waals surface area contributed by atoms with E-state index in [4.69, 9.17) is 0 Å². The highest BCUT2D eigenvalue weighted by atomic mass is 16.3. The predicted octanol–water partition coefficient (Wildman–Crippen LogP) is 2.99. The van der Waals surface area contributed by atoms with Crippen molar-refractivity contribution in [1.82, 2.24) is 0 Å². The topological polar surface area (TPSA) is 20.2 Å². The van der Waals surface area contributed by atoms with Crippen LogP contribution in [0.2, 0.25) is 0 Å². The molecule has 3 rings (SSSR count). The molecule has 1 aromatic rings. The third kappa shape index (κ3) is 1.09. The first kappa shape index (κ1) is 9.86. The summed E-state index contributed by atoms with van der Waals surface area (Å²) < 4.78 is 0. The van der Waals surface area contributed by atoms with E-state index in [1.165, 1.54) is 11.1 Å². The van der Waals surface area contributed by atoms with Crippen molar-refractivity contribution in [1.29, 1.82) is 0 Å². The number of aliphatic hydroxyl groups is 1. The first-order valence-electron chi connectivity index (χ1n) is 5.83. The molecular formula is C15H16O. The lowest BCUT2D eigenvalue weighted by Crippen LogP contribution is -2.26. The monoisotopic (exact) mass is 212 g/mol. The van der Waals surface area contributed by atoms with Crippen LogP contribution in [0.15, 0.2) is 48.6 Å². The van der Waals surface area contributed by atoms with Gasteiger partial charge < -0.3 is 5.11 Å². The minimum absolute atomic E-state index is 0.0488. The molecule has 1 N–H and O–H groups in total. The van der Waals surface area contributed by atoms with Gasteiger partial charge in [0.15, 0.2) is 0 Å². The minimum Gasteiger partial charge on any atom is -0.396 e. The zero-order valence-corrected chi connectivity index (χ0v) is 9.43. The first-order chi connectivity index (χ1) is 7.77. The predicted molar refractivity (Wildman–Crippen MR) is 65.4 cm³/mol. The van der Waals surface area contributed by atoms with E-state index in [9.17, 15) is 5.11 Å². The zero-order valence-electron chi connectivity index (χ0n) is 9.43. The second kappa shape index (κ2) is 3.33. The number of aliphatic hydroxyl groups excluding tert-OH is 1. The molecule has 2 aliphatic carbocycles. The number of fused-ring (bicyclic) bond motifs is 3. The van der Waals surface area contributed by atoms with Gasteiger partial charge in [-0.05, 0) is 11.1 Å². The van der Waals surface area contributed by atoms with Gasteiger partial charge in [0.05, 0.1) is 6.61 Å². The molecule has 0 amide bonds. The van der Waals surface area contributed by atoms with Crippen LogP contribution in [0.25, 0.3) is 0 Å². The largest absolute Gasteiger partial charge is 0.396 e. The van der Waals surface area contributed by atoms with Gasteiger partial charge in [-0.3, -0.25) is 0 Å². The van der Waals surface area contributed by atoms with Gasteiger partial charge >= 0.3 is 0 Å². The summed E-state index contributed by atoms with van der Waals surface area (Å²) in [5.74, 6) is 0.653. The molecule has 16 heavy (non-hydrogen) atoms. The molecule has 1 heteroatoms. The van der Waals surface area contributed by atoms with E-state index < -0.39 is 0 Å². The summed E-state index contributed by atoms with van der Waals surface area (Å²) in [5, 5.41) is 9.66. The van der Waals surface area contributed by atoms with Crippen molar-refractivity contribution in [2.24, 2.45) is 5.41 Å². The smallest absolute Gasteiger partial charge is 0.0508 e. The zero-order chi connectivity index (χ0) is 11.2. The summed E-state index contributed by atoms with van der Waals surface area (Å²) in [6, 6.07) is 8.50. The van der Waals surface area contributed by atoms with Crippen LogP contribution in [0.3, 0.4) is 0 Å². The Kier molecular flexibility index (Phi) is 2.05. The van der Waals surface area contributed by atoms with E-state index in [0.29, 0.717) is 5.92 Å². The molecular weight excluding hydrogens is 196 g/mol. The van der Waals surface area contributed by atoms with Crippen LogP contribution < -0.4 is 0 Å². The Balaban J connectivity index is 2.21. The van der Waals surface area contributed by atoms with Crippen molar-refractivity contribution >= 4 is 0 Å². The van der Waals surface area contributed by atoms with Crippen molar-refractivity contribution < 1.29 is 5.11 Å². The van der Waals surface area contributed by atoms with Crippen molar-refractivity contribution in [2.75, 3.05) is 6.61 Å². The van der Waals surface area contributed by atoms with E-state index in [2.05, 4.69) is 55.5 Å². The summed E-state index contributed by atoms with van der Waals surface area (Å²) in [6.45, 7) is 2.47. The quantitative estimate of drug-likeness (QED) is 0.758. The van der Waals surface area contributed by atoms with Gasteiger partial charge in [0.25, 0.3) is 0 Å². The maximum Gasteiger partial charge on any atom is 0.0508 e. The molecule has 0 saturated heterocycles. The van der Waals surface area contributed by atoms with Crippen LogP contribution >= 0.6 is 0 Å². The Morgan fingerprint density at radius 3 is 2.69 bits per heavy atom. The highest BCUT2D eigenvalue weighted by molar-refractivity contribution is 5.49. The number of rotatable bonds is 1. The van der Waals surface area contributed by atoms with Crippen molar-refractivity contribution in [3.63, 3.8) is 0 Å². The van der Waals surface area contributed by atoms with Gasteiger partial charge in [-0.15, -0.1) is 0 Å². The van der Waals surface area contributed by atoms with Crippen LogP contribution in [-0.4, -0.2) is 11.7 Å². The highest BCUT2D eigenvalue weighted by Gasteiger charge is 2.47. The second-order valence-corrected chi connectivity index (χ2v) is 4.95. The Hall–Kier alpha value is -1.34. The van der Waals surface area contributed by atoms with Crippen molar-refractivity contribution in [3.8, 4) is 0 Å². The SMILES string of the molecule is CC12C=CC=CC1c1ccccc1C2CO. The lowest BCUT2D eigenvalue weighted by molar-refractivity contribution is 0.197. The van der Waals surface area contributed by atoms with Crippen molar-refractivity contribution in [3.05, 3.63) is 59.7 Å². The van der Waals surface area contributed by atoms with E-state index in [1.54, 1.807) is 0 Å². The molecule has 2 aliphatic rings.